The summed E-state index contributed by atoms with van der Waals surface area (Å²) in [4.78, 5) is 36.1. The number of aryl methyl sites for hydroxylation is 1. The standard InChI is InChI=1S/C20H20N4O2/c1-3-16(17-11-13(2)9-10-21-17)23-19(25)15-12-22-18(24-20(15)26)14-7-5-4-6-8-14/h4-12,16H,3H2,1-2H3,(H,23,25)(H,22,24,26)/t16-/m0/s1. The Morgan fingerprint density at radius 2 is 1.96 bits per heavy atom. The van der Waals surface area contributed by atoms with Crippen molar-refractivity contribution in [2.75, 3.05) is 0 Å². The quantitative estimate of drug-likeness (QED) is 0.742. The van der Waals surface area contributed by atoms with Crippen LogP contribution in [0.15, 0.2) is 59.7 Å². The molecular weight excluding hydrogens is 328 g/mol. The number of hydrogen-bond donors (Lipinski definition) is 2. The van der Waals surface area contributed by atoms with Gasteiger partial charge in [0.05, 0.1) is 11.7 Å². The van der Waals surface area contributed by atoms with Gasteiger partial charge in [-0.15, -0.1) is 0 Å². The summed E-state index contributed by atoms with van der Waals surface area (Å²) in [5.74, 6) is -0.0342. The van der Waals surface area contributed by atoms with Crippen LogP contribution in [0.2, 0.25) is 0 Å². The molecule has 0 aliphatic rings. The molecule has 0 unspecified atom stereocenters. The summed E-state index contributed by atoms with van der Waals surface area (Å²) in [6.07, 6.45) is 3.69. The first kappa shape index (κ1) is 17.5. The second-order valence-corrected chi connectivity index (χ2v) is 6.03. The molecule has 0 aliphatic carbocycles. The summed E-state index contributed by atoms with van der Waals surface area (Å²) >= 11 is 0. The molecule has 2 N–H and O–H groups in total. The average molecular weight is 348 g/mol. The summed E-state index contributed by atoms with van der Waals surface area (Å²) in [6.45, 7) is 3.92. The van der Waals surface area contributed by atoms with Gasteiger partial charge >= 0.3 is 0 Å². The molecule has 1 aromatic carbocycles. The van der Waals surface area contributed by atoms with Gasteiger partial charge in [-0.3, -0.25) is 14.6 Å². The molecule has 0 spiro atoms. The van der Waals surface area contributed by atoms with Gasteiger partial charge in [-0.2, -0.15) is 0 Å². The van der Waals surface area contributed by atoms with E-state index < -0.39 is 11.5 Å². The van der Waals surface area contributed by atoms with E-state index in [4.69, 9.17) is 0 Å². The van der Waals surface area contributed by atoms with Crippen molar-refractivity contribution in [1.29, 1.82) is 0 Å². The molecule has 6 heteroatoms. The lowest BCUT2D eigenvalue weighted by molar-refractivity contribution is 0.0932. The number of hydrogen-bond acceptors (Lipinski definition) is 4. The van der Waals surface area contributed by atoms with Gasteiger partial charge in [0, 0.05) is 18.0 Å². The van der Waals surface area contributed by atoms with E-state index >= 15 is 0 Å². The van der Waals surface area contributed by atoms with Crippen LogP contribution in [-0.4, -0.2) is 20.9 Å². The van der Waals surface area contributed by atoms with E-state index in [-0.39, 0.29) is 11.6 Å². The van der Waals surface area contributed by atoms with E-state index in [1.54, 1.807) is 6.20 Å². The number of aromatic nitrogens is 3. The van der Waals surface area contributed by atoms with Gasteiger partial charge in [-0.25, -0.2) is 4.98 Å². The van der Waals surface area contributed by atoms with Crippen molar-refractivity contribution >= 4 is 5.91 Å². The number of rotatable bonds is 5. The molecule has 1 atom stereocenters. The predicted octanol–water partition coefficient (Wildman–Crippen LogP) is 3.02. The Labute approximate surface area is 151 Å². The molecule has 0 saturated carbocycles. The van der Waals surface area contributed by atoms with Crippen molar-refractivity contribution in [3.05, 3.63) is 82.0 Å². The van der Waals surface area contributed by atoms with Crippen LogP contribution in [-0.2, 0) is 0 Å². The molecule has 0 bridgehead atoms. The Kier molecular flexibility index (Phi) is 5.22. The monoisotopic (exact) mass is 348 g/mol. The van der Waals surface area contributed by atoms with Crippen molar-refractivity contribution in [1.82, 2.24) is 20.3 Å². The van der Waals surface area contributed by atoms with Crippen molar-refractivity contribution in [3.63, 3.8) is 0 Å². The lowest BCUT2D eigenvalue weighted by atomic mass is 10.1. The Morgan fingerprint density at radius 3 is 2.62 bits per heavy atom. The molecule has 0 saturated heterocycles. The minimum Gasteiger partial charge on any atom is -0.343 e. The van der Waals surface area contributed by atoms with Gasteiger partial charge in [-0.1, -0.05) is 37.3 Å². The number of aromatic amines is 1. The molecular formula is C20H20N4O2. The number of H-pyrrole nitrogens is 1. The number of benzene rings is 1. The third kappa shape index (κ3) is 3.85. The molecule has 26 heavy (non-hydrogen) atoms. The number of carbonyl (C=O) groups excluding carboxylic acids is 1. The highest BCUT2D eigenvalue weighted by Gasteiger charge is 2.18. The second kappa shape index (κ2) is 7.74. The molecule has 2 aromatic heterocycles. The number of nitrogens with one attached hydrogen (secondary N) is 2. The summed E-state index contributed by atoms with van der Waals surface area (Å²) < 4.78 is 0. The van der Waals surface area contributed by atoms with Crippen LogP contribution >= 0.6 is 0 Å². The molecule has 0 aliphatic heterocycles. The maximum Gasteiger partial charge on any atom is 0.264 e. The molecule has 0 fully saturated rings. The van der Waals surface area contributed by atoms with Crippen molar-refractivity contribution in [2.24, 2.45) is 0 Å². The van der Waals surface area contributed by atoms with Crippen LogP contribution in [0.4, 0.5) is 0 Å². The fraction of sp³-hybridized carbons (Fsp3) is 0.200. The third-order valence-electron chi connectivity index (χ3n) is 4.10. The summed E-state index contributed by atoms with van der Waals surface area (Å²) in [6, 6.07) is 12.8. The van der Waals surface area contributed by atoms with Gasteiger partial charge in [0.1, 0.15) is 11.4 Å². The molecule has 3 rings (SSSR count). The van der Waals surface area contributed by atoms with Crippen LogP contribution in [0.1, 0.15) is 41.0 Å². The van der Waals surface area contributed by atoms with E-state index in [0.29, 0.717) is 12.2 Å². The van der Waals surface area contributed by atoms with Gasteiger partial charge in [0.15, 0.2) is 0 Å². The largest absolute Gasteiger partial charge is 0.343 e. The fourth-order valence-electron chi connectivity index (χ4n) is 2.67. The highest BCUT2D eigenvalue weighted by atomic mass is 16.2. The first-order chi connectivity index (χ1) is 12.6. The smallest absolute Gasteiger partial charge is 0.264 e. The maximum absolute atomic E-state index is 12.5. The van der Waals surface area contributed by atoms with Crippen LogP contribution in [0.3, 0.4) is 0 Å². The summed E-state index contributed by atoms with van der Waals surface area (Å²) in [5, 5.41) is 2.87. The molecule has 132 valence electrons. The summed E-state index contributed by atoms with van der Waals surface area (Å²) in [5.41, 5.74) is 2.13. The van der Waals surface area contributed by atoms with Crippen LogP contribution in [0.5, 0.6) is 0 Å². The Morgan fingerprint density at radius 1 is 1.19 bits per heavy atom. The second-order valence-electron chi connectivity index (χ2n) is 6.03. The number of carbonyl (C=O) groups is 1. The minimum absolute atomic E-state index is 0.0178. The van der Waals surface area contributed by atoms with E-state index in [9.17, 15) is 9.59 Å². The first-order valence-corrected chi connectivity index (χ1v) is 8.46. The fourth-order valence-corrected chi connectivity index (χ4v) is 2.67. The topological polar surface area (TPSA) is 87.7 Å². The van der Waals surface area contributed by atoms with E-state index in [1.165, 1.54) is 6.20 Å². The van der Waals surface area contributed by atoms with Gasteiger partial charge in [-0.05, 0) is 31.0 Å². The van der Waals surface area contributed by atoms with Crippen molar-refractivity contribution < 1.29 is 4.79 Å². The Balaban J connectivity index is 1.82. The Hall–Kier alpha value is -3.28. The van der Waals surface area contributed by atoms with Crippen LogP contribution < -0.4 is 10.9 Å². The molecule has 1 amide bonds. The Bertz CT molecular complexity index is 967. The zero-order chi connectivity index (χ0) is 18.5. The normalized spacial score (nSPS) is 11.8. The third-order valence-corrected chi connectivity index (χ3v) is 4.10. The number of amides is 1. The van der Waals surface area contributed by atoms with Crippen molar-refractivity contribution in [2.45, 2.75) is 26.3 Å². The van der Waals surface area contributed by atoms with E-state index in [2.05, 4.69) is 20.3 Å². The van der Waals surface area contributed by atoms with Gasteiger partial charge in [0.2, 0.25) is 0 Å². The predicted molar refractivity (Wildman–Crippen MR) is 99.8 cm³/mol. The first-order valence-electron chi connectivity index (χ1n) is 8.46. The van der Waals surface area contributed by atoms with Gasteiger partial charge in [0.25, 0.3) is 11.5 Å². The number of pyridine rings is 1. The van der Waals surface area contributed by atoms with E-state index in [1.807, 2.05) is 56.3 Å². The zero-order valence-electron chi connectivity index (χ0n) is 14.7. The van der Waals surface area contributed by atoms with Crippen LogP contribution in [0.25, 0.3) is 11.4 Å². The average Bonchev–Trinajstić information content (AvgIpc) is 2.66. The SMILES string of the molecule is CC[C@H](NC(=O)c1cnc(-c2ccccc2)[nH]c1=O)c1cc(C)ccn1. The summed E-state index contributed by atoms with van der Waals surface area (Å²) in [7, 11) is 0. The molecule has 0 radical (unpaired) electrons. The lowest BCUT2D eigenvalue weighted by Crippen LogP contribution is -2.33. The maximum atomic E-state index is 12.5. The number of nitrogens with zero attached hydrogens (tertiary/aromatic N) is 2. The van der Waals surface area contributed by atoms with Crippen molar-refractivity contribution in [3.8, 4) is 11.4 Å². The highest BCUT2D eigenvalue weighted by molar-refractivity contribution is 5.93. The van der Waals surface area contributed by atoms with Gasteiger partial charge < -0.3 is 10.3 Å². The lowest BCUT2D eigenvalue weighted by Gasteiger charge is -2.16. The van der Waals surface area contributed by atoms with E-state index in [0.717, 1.165) is 16.8 Å². The molecule has 6 nitrogen and oxygen atoms in total. The minimum atomic E-state index is -0.469. The molecule has 3 aromatic rings. The zero-order valence-corrected chi connectivity index (χ0v) is 14.7. The molecule has 2 heterocycles. The van der Waals surface area contributed by atoms with Crippen LogP contribution in [0, 0.1) is 6.92 Å². The highest BCUT2D eigenvalue weighted by Crippen LogP contribution is 2.16.